The number of nitrogens with zero attached hydrogens (tertiary/aromatic N) is 1. The van der Waals surface area contributed by atoms with Gasteiger partial charge in [0.1, 0.15) is 0 Å². The number of carbonyl (C=O) groups excluding carboxylic acids is 1. The molecule has 0 aliphatic heterocycles. The third-order valence-corrected chi connectivity index (χ3v) is 4.18. The number of amides is 1. The Morgan fingerprint density at radius 1 is 1.38 bits per heavy atom. The third kappa shape index (κ3) is 4.22. The Kier molecular flexibility index (Phi) is 5.25. The highest BCUT2D eigenvalue weighted by Crippen LogP contribution is 2.29. The molecule has 1 aromatic carbocycles. The Morgan fingerprint density at radius 2 is 2.14 bits per heavy atom. The number of thiocarbonyl (C=S) groups is 1. The van der Waals surface area contributed by atoms with Crippen LogP contribution in [0.4, 0.5) is 5.13 Å². The van der Waals surface area contributed by atoms with E-state index < -0.39 is 0 Å². The number of anilines is 1. The van der Waals surface area contributed by atoms with Gasteiger partial charge in [-0.3, -0.25) is 4.79 Å². The average Bonchev–Trinajstić information content (AvgIpc) is 2.78. The maximum absolute atomic E-state index is 11.6. The summed E-state index contributed by atoms with van der Waals surface area (Å²) < 4.78 is 1.12. The van der Waals surface area contributed by atoms with Crippen molar-refractivity contribution in [2.24, 2.45) is 0 Å². The first-order valence-electron chi connectivity index (χ1n) is 6.98. The fourth-order valence-corrected chi connectivity index (χ4v) is 3.40. The van der Waals surface area contributed by atoms with Crippen molar-refractivity contribution in [1.82, 2.24) is 10.3 Å². The molecule has 0 fully saturated rings. The summed E-state index contributed by atoms with van der Waals surface area (Å²) in [5, 5.41) is 6.69. The number of aryl methyl sites for hydroxylation is 2. The topological polar surface area (TPSA) is 54.0 Å². The van der Waals surface area contributed by atoms with E-state index in [9.17, 15) is 4.79 Å². The van der Waals surface area contributed by atoms with E-state index in [-0.39, 0.29) is 5.91 Å². The zero-order valence-corrected chi connectivity index (χ0v) is 14.1. The Hall–Kier alpha value is -1.53. The number of hydrogen-bond donors (Lipinski definition) is 2. The summed E-state index contributed by atoms with van der Waals surface area (Å²) >= 11 is 6.69. The number of benzene rings is 1. The first-order chi connectivity index (χ1) is 9.99. The molecule has 0 aliphatic rings. The Labute approximate surface area is 134 Å². The summed E-state index contributed by atoms with van der Waals surface area (Å²) in [6.07, 6.45) is 2.36. The molecular weight excluding hydrogens is 302 g/mol. The predicted molar refractivity (Wildman–Crippen MR) is 93.0 cm³/mol. The SMILES string of the molecule is CCCCC(=O)NC(=S)Nc1nc2c(C)cc(C)cc2s1. The molecule has 21 heavy (non-hydrogen) atoms. The van der Waals surface area contributed by atoms with Crippen LogP contribution < -0.4 is 10.6 Å². The predicted octanol–water partition coefficient (Wildman–Crippen LogP) is 3.92. The molecule has 0 aliphatic carbocycles. The first kappa shape index (κ1) is 15.9. The van der Waals surface area contributed by atoms with Crippen molar-refractivity contribution < 1.29 is 4.79 Å². The van der Waals surface area contributed by atoms with Crippen LogP contribution in [0, 0.1) is 13.8 Å². The van der Waals surface area contributed by atoms with Gasteiger partial charge in [0.25, 0.3) is 0 Å². The van der Waals surface area contributed by atoms with Crippen molar-refractivity contribution in [3.8, 4) is 0 Å². The second kappa shape index (κ2) is 6.95. The second-order valence-electron chi connectivity index (χ2n) is 5.05. The molecule has 2 N–H and O–H groups in total. The lowest BCUT2D eigenvalue weighted by Crippen LogP contribution is -2.33. The zero-order chi connectivity index (χ0) is 15.4. The molecule has 1 aromatic heterocycles. The molecule has 112 valence electrons. The quantitative estimate of drug-likeness (QED) is 0.838. The summed E-state index contributed by atoms with van der Waals surface area (Å²) in [5.41, 5.74) is 3.34. The van der Waals surface area contributed by atoms with E-state index in [1.165, 1.54) is 16.9 Å². The molecular formula is C15H19N3OS2. The molecule has 1 amide bonds. The highest BCUT2D eigenvalue weighted by molar-refractivity contribution is 7.80. The van der Waals surface area contributed by atoms with Gasteiger partial charge in [0.2, 0.25) is 5.91 Å². The van der Waals surface area contributed by atoms with E-state index in [0.29, 0.717) is 16.7 Å². The fourth-order valence-electron chi connectivity index (χ4n) is 2.08. The smallest absolute Gasteiger partial charge is 0.226 e. The van der Waals surface area contributed by atoms with Gasteiger partial charge >= 0.3 is 0 Å². The van der Waals surface area contributed by atoms with Crippen LogP contribution in [0.2, 0.25) is 0 Å². The van der Waals surface area contributed by atoms with Crippen LogP contribution in [0.1, 0.15) is 37.3 Å². The third-order valence-electron chi connectivity index (χ3n) is 3.06. The van der Waals surface area contributed by atoms with Gasteiger partial charge in [-0.25, -0.2) is 4.98 Å². The molecule has 0 atom stereocenters. The van der Waals surface area contributed by atoms with Gasteiger partial charge in [0.15, 0.2) is 10.2 Å². The van der Waals surface area contributed by atoms with Crippen molar-refractivity contribution in [3.63, 3.8) is 0 Å². The van der Waals surface area contributed by atoms with Crippen LogP contribution >= 0.6 is 23.6 Å². The van der Waals surface area contributed by atoms with Gasteiger partial charge in [-0.05, 0) is 49.7 Å². The highest BCUT2D eigenvalue weighted by atomic mass is 32.1. The molecule has 0 unspecified atom stereocenters. The summed E-state index contributed by atoms with van der Waals surface area (Å²) in [6.45, 7) is 6.16. The fraction of sp³-hybridized carbons (Fsp3) is 0.400. The minimum atomic E-state index is -0.0533. The lowest BCUT2D eigenvalue weighted by atomic mass is 10.1. The molecule has 2 rings (SSSR count). The van der Waals surface area contributed by atoms with E-state index in [4.69, 9.17) is 12.2 Å². The van der Waals surface area contributed by atoms with Crippen molar-refractivity contribution in [1.29, 1.82) is 0 Å². The zero-order valence-electron chi connectivity index (χ0n) is 12.4. The number of hydrogen-bond acceptors (Lipinski definition) is 4. The summed E-state index contributed by atoms with van der Waals surface area (Å²) in [5.74, 6) is -0.0533. The summed E-state index contributed by atoms with van der Waals surface area (Å²) in [4.78, 5) is 16.1. The maximum Gasteiger partial charge on any atom is 0.226 e. The first-order valence-corrected chi connectivity index (χ1v) is 8.20. The number of aromatic nitrogens is 1. The van der Waals surface area contributed by atoms with E-state index in [2.05, 4.69) is 41.6 Å². The highest BCUT2D eigenvalue weighted by Gasteiger charge is 2.09. The van der Waals surface area contributed by atoms with Crippen LogP contribution in [-0.4, -0.2) is 16.0 Å². The average molecular weight is 321 g/mol. The lowest BCUT2D eigenvalue weighted by Gasteiger charge is -2.06. The molecule has 0 bridgehead atoms. The molecule has 0 radical (unpaired) electrons. The minimum Gasteiger partial charge on any atom is -0.308 e. The van der Waals surface area contributed by atoms with Crippen molar-refractivity contribution in [2.75, 3.05) is 5.32 Å². The van der Waals surface area contributed by atoms with E-state index in [0.717, 1.165) is 28.6 Å². The summed E-state index contributed by atoms with van der Waals surface area (Å²) in [7, 11) is 0. The number of thiazole rings is 1. The van der Waals surface area contributed by atoms with Gasteiger partial charge < -0.3 is 10.6 Å². The Balaban J connectivity index is 2.04. The molecule has 0 saturated heterocycles. The molecule has 0 spiro atoms. The number of unbranched alkanes of at least 4 members (excludes halogenated alkanes) is 1. The molecule has 4 nitrogen and oxygen atoms in total. The van der Waals surface area contributed by atoms with Crippen LogP contribution in [0.25, 0.3) is 10.2 Å². The molecule has 6 heteroatoms. The summed E-state index contributed by atoms with van der Waals surface area (Å²) in [6, 6.07) is 4.21. The van der Waals surface area contributed by atoms with Crippen molar-refractivity contribution in [2.45, 2.75) is 40.0 Å². The maximum atomic E-state index is 11.6. The molecule has 1 heterocycles. The van der Waals surface area contributed by atoms with Crippen molar-refractivity contribution in [3.05, 3.63) is 23.3 Å². The monoisotopic (exact) mass is 321 g/mol. The van der Waals surface area contributed by atoms with Gasteiger partial charge in [-0.15, -0.1) is 0 Å². The van der Waals surface area contributed by atoms with E-state index in [1.54, 1.807) is 0 Å². The van der Waals surface area contributed by atoms with Gasteiger partial charge in [0.05, 0.1) is 10.2 Å². The Bertz CT molecular complexity index is 679. The molecule has 2 aromatic rings. The number of fused-ring (bicyclic) bond motifs is 1. The van der Waals surface area contributed by atoms with Gasteiger partial charge in [0, 0.05) is 6.42 Å². The van der Waals surface area contributed by atoms with Crippen LogP contribution in [-0.2, 0) is 4.79 Å². The van der Waals surface area contributed by atoms with E-state index in [1.807, 2.05) is 6.92 Å². The van der Waals surface area contributed by atoms with Crippen LogP contribution in [0.3, 0.4) is 0 Å². The standard InChI is InChI=1S/C15H19N3OS2/c1-4-5-6-12(19)16-14(20)18-15-17-13-10(3)7-9(2)8-11(13)21-15/h7-8H,4-6H2,1-3H3,(H2,16,17,18,19,20). The van der Waals surface area contributed by atoms with Crippen LogP contribution in [0.15, 0.2) is 12.1 Å². The van der Waals surface area contributed by atoms with Crippen molar-refractivity contribution >= 4 is 49.9 Å². The Morgan fingerprint density at radius 3 is 2.86 bits per heavy atom. The molecule has 0 saturated carbocycles. The van der Waals surface area contributed by atoms with Crippen LogP contribution in [0.5, 0.6) is 0 Å². The number of carbonyl (C=O) groups is 1. The second-order valence-corrected chi connectivity index (χ2v) is 6.49. The lowest BCUT2D eigenvalue weighted by molar-refractivity contribution is -0.119. The normalized spacial score (nSPS) is 10.6. The van der Waals surface area contributed by atoms with E-state index >= 15 is 0 Å². The number of rotatable bonds is 4. The van der Waals surface area contributed by atoms with Gasteiger partial charge in [-0.2, -0.15) is 0 Å². The number of nitrogens with one attached hydrogen (secondary N) is 2. The minimum absolute atomic E-state index is 0.0533. The van der Waals surface area contributed by atoms with Gasteiger partial charge in [-0.1, -0.05) is 30.7 Å². The largest absolute Gasteiger partial charge is 0.308 e.